The van der Waals surface area contributed by atoms with Gasteiger partial charge in [0, 0.05) is 10.7 Å². The minimum atomic E-state index is -1.06. The third-order valence-electron chi connectivity index (χ3n) is 4.63. The van der Waals surface area contributed by atoms with Gasteiger partial charge in [-0.3, -0.25) is 9.59 Å². The summed E-state index contributed by atoms with van der Waals surface area (Å²) in [5.74, 6) is -0.0464. The number of hydrogen-bond donors (Lipinski definition) is 2. The molecule has 142 valence electrons. The molecule has 0 radical (unpaired) electrons. The highest BCUT2D eigenvalue weighted by molar-refractivity contribution is 6.31. The second-order valence-electron chi connectivity index (χ2n) is 7.07. The molecule has 5 nitrogen and oxygen atoms in total. The van der Waals surface area contributed by atoms with Gasteiger partial charge in [-0.1, -0.05) is 29.8 Å². The van der Waals surface area contributed by atoms with Crippen LogP contribution in [-0.2, 0) is 9.59 Å². The molecule has 0 spiro atoms. The number of hydrogen-bond acceptors (Lipinski definition) is 3. The van der Waals surface area contributed by atoms with Gasteiger partial charge in [0.25, 0.3) is 0 Å². The molecule has 0 bridgehead atoms. The lowest BCUT2D eigenvalue weighted by molar-refractivity contribution is -0.131. The van der Waals surface area contributed by atoms with Crippen LogP contribution in [0.15, 0.2) is 42.5 Å². The number of rotatable bonds is 6. The van der Waals surface area contributed by atoms with Gasteiger partial charge in [-0.25, -0.2) is 0 Å². The molecule has 1 aliphatic carbocycles. The number of para-hydroxylation sites is 2. The van der Waals surface area contributed by atoms with E-state index in [4.69, 9.17) is 16.3 Å². The molecule has 1 aliphatic rings. The number of amides is 2. The highest BCUT2D eigenvalue weighted by atomic mass is 35.5. The maximum absolute atomic E-state index is 12.9. The highest BCUT2D eigenvalue weighted by Gasteiger charge is 2.56. The number of carbonyl (C=O) groups is 2. The molecule has 2 aromatic carbocycles. The Hall–Kier alpha value is -2.53. The number of nitrogens with one attached hydrogen (secondary N) is 2. The van der Waals surface area contributed by atoms with Crippen molar-refractivity contribution in [2.24, 2.45) is 5.41 Å². The van der Waals surface area contributed by atoms with Crippen molar-refractivity contribution in [3.05, 3.63) is 53.1 Å². The summed E-state index contributed by atoms with van der Waals surface area (Å²) < 4.78 is 5.73. The Bertz CT molecular complexity index is 875. The van der Waals surface area contributed by atoms with Crippen molar-refractivity contribution in [1.82, 2.24) is 0 Å². The van der Waals surface area contributed by atoms with Gasteiger partial charge in [0.15, 0.2) is 0 Å². The first kappa shape index (κ1) is 19.2. The van der Waals surface area contributed by atoms with Crippen LogP contribution in [0.2, 0.25) is 5.02 Å². The van der Waals surface area contributed by atoms with Gasteiger partial charge in [-0.2, -0.15) is 0 Å². The standard InChI is InChI=1S/C21H23ClN2O3/c1-13(2)27-18-10-5-4-8-17(18)24-20(26)21(11-12-21)19(25)23-16-9-6-7-15(22)14(16)3/h4-10,13H,11-12H2,1-3H3,(H,23,25)(H,24,26). The Morgan fingerprint density at radius 2 is 1.59 bits per heavy atom. The Morgan fingerprint density at radius 3 is 2.22 bits per heavy atom. The summed E-state index contributed by atoms with van der Waals surface area (Å²) in [6.45, 7) is 5.67. The first-order chi connectivity index (χ1) is 12.8. The lowest BCUT2D eigenvalue weighted by atomic mass is 10.0. The second-order valence-corrected chi connectivity index (χ2v) is 7.47. The van der Waals surface area contributed by atoms with E-state index in [2.05, 4.69) is 10.6 Å². The Balaban J connectivity index is 1.75. The fourth-order valence-electron chi connectivity index (χ4n) is 2.84. The van der Waals surface area contributed by atoms with Crippen LogP contribution in [-0.4, -0.2) is 17.9 Å². The molecule has 0 aliphatic heterocycles. The average molecular weight is 387 g/mol. The fraction of sp³-hybridized carbons (Fsp3) is 0.333. The Labute approximate surface area is 164 Å². The van der Waals surface area contributed by atoms with E-state index in [0.29, 0.717) is 35.0 Å². The molecule has 1 fully saturated rings. The van der Waals surface area contributed by atoms with Crippen LogP contribution < -0.4 is 15.4 Å². The zero-order valence-electron chi connectivity index (χ0n) is 15.6. The zero-order chi connectivity index (χ0) is 19.6. The molecule has 0 saturated heterocycles. The van der Waals surface area contributed by atoms with Crippen molar-refractivity contribution in [2.45, 2.75) is 39.7 Å². The lowest BCUT2D eigenvalue weighted by Crippen LogP contribution is -2.36. The van der Waals surface area contributed by atoms with Crippen LogP contribution in [0.4, 0.5) is 11.4 Å². The molecule has 6 heteroatoms. The van der Waals surface area contributed by atoms with E-state index < -0.39 is 5.41 Å². The molecule has 0 heterocycles. The normalized spacial score (nSPS) is 14.6. The van der Waals surface area contributed by atoms with E-state index in [-0.39, 0.29) is 17.9 Å². The summed E-state index contributed by atoms with van der Waals surface area (Å²) in [6.07, 6.45) is 1.00. The van der Waals surface area contributed by atoms with Crippen LogP contribution in [0.1, 0.15) is 32.3 Å². The minimum absolute atomic E-state index is 0.0213. The molecule has 27 heavy (non-hydrogen) atoms. The molecule has 2 N–H and O–H groups in total. The van der Waals surface area contributed by atoms with E-state index in [9.17, 15) is 9.59 Å². The number of halogens is 1. The number of carbonyl (C=O) groups excluding carboxylic acids is 2. The van der Waals surface area contributed by atoms with E-state index in [1.807, 2.05) is 32.9 Å². The predicted octanol–water partition coefficient (Wildman–Crippen LogP) is 4.79. The van der Waals surface area contributed by atoms with Crippen molar-refractivity contribution >= 4 is 34.8 Å². The van der Waals surface area contributed by atoms with Crippen molar-refractivity contribution in [3.63, 3.8) is 0 Å². The predicted molar refractivity (Wildman–Crippen MR) is 107 cm³/mol. The van der Waals surface area contributed by atoms with Crippen LogP contribution in [0.3, 0.4) is 0 Å². The van der Waals surface area contributed by atoms with Crippen LogP contribution >= 0.6 is 11.6 Å². The number of benzene rings is 2. The Morgan fingerprint density at radius 1 is 1.00 bits per heavy atom. The average Bonchev–Trinajstić information content (AvgIpc) is 3.42. The fourth-order valence-corrected chi connectivity index (χ4v) is 3.01. The maximum atomic E-state index is 12.9. The first-order valence-corrected chi connectivity index (χ1v) is 9.35. The Kier molecular flexibility index (Phi) is 5.42. The van der Waals surface area contributed by atoms with Crippen molar-refractivity contribution < 1.29 is 14.3 Å². The smallest absolute Gasteiger partial charge is 0.240 e. The third kappa shape index (κ3) is 4.08. The number of ether oxygens (including phenoxy) is 1. The topological polar surface area (TPSA) is 67.4 Å². The van der Waals surface area contributed by atoms with E-state index >= 15 is 0 Å². The lowest BCUT2D eigenvalue weighted by Gasteiger charge is -2.19. The van der Waals surface area contributed by atoms with Crippen LogP contribution in [0, 0.1) is 12.3 Å². The monoisotopic (exact) mass is 386 g/mol. The molecular weight excluding hydrogens is 364 g/mol. The van der Waals surface area contributed by atoms with Crippen LogP contribution in [0.5, 0.6) is 5.75 Å². The minimum Gasteiger partial charge on any atom is -0.489 e. The SMILES string of the molecule is Cc1c(Cl)cccc1NC(=O)C1(C(=O)Nc2ccccc2OC(C)C)CC1. The summed E-state index contributed by atoms with van der Waals surface area (Å²) in [7, 11) is 0. The molecule has 2 amide bonds. The van der Waals surface area contributed by atoms with Crippen molar-refractivity contribution in [3.8, 4) is 5.75 Å². The van der Waals surface area contributed by atoms with Gasteiger partial charge >= 0.3 is 0 Å². The van der Waals surface area contributed by atoms with Gasteiger partial charge < -0.3 is 15.4 Å². The first-order valence-electron chi connectivity index (χ1n) is 8.97. The molecule has 3 rings (SSSR count). The zero-order valence-corrected chi connectivity index (χ0v) is 16.4. The molecule has 0 aromatic heterocycles. The molecule has 1 saturated carbocycles. The summed E-state index contributed by atoms with van der Waals surface area (Å²) in [5.41, 5.74) is 0.906. The molecule has 2 aromatic rings. The van der Waals surface area contributed by atoms with Gasteiger partial charge in [0.2, 0.25) is 11.8 Å². The quantitative estimate of drug-likeness (QED) is 0.701. The summed E-state index contributed by atoms with van der Waals surface area (Å²) in [4.78, 5) is 25.7. The van der Waals surface area contributed by atoms with Crippen LogP contribution in [0.25, 0.3) is 0 Å². The summed E-state index contributed by atoms with van der Waals surface area (Å²) in [6, 6.07) is 12.5. The highest BCUT2D eigenvalue weighted by Crippen LogP contribution is 2.48. The van der Waals surface area contributed by atoms with Gasteiger partial charge in [-0.05, 0) is 63.4 Å². The second kappa shape index (κ2) is 7.61. The van der Waals surface area contributed by atoms with E-state index in [0.717, 1.165) is 5.56 Å². The molecule has 0 atom stereocenters. The van der Waals surface area contributed by atoms with Gasteiger partial charge in [-0.15, -0.1) is 0 Å². The summed E-state index contributed by atoms with van der Waals surface area (Å²) in [5, 5.41) is 6.28. The van der Waals surface area contributed by atoms with Crippen molar-refractivity contribution in [2.75, 3.05) is 10.6 Å². The van der Waals surface area contributed by atoms with Crippen molar-refractivity contribution in [1.29, 1.82) is 0 Å². The largest absolute Gasteiger partial charge is 0.489 e. The van der Waals surface area contributed by atoms with Gasteiger partial charge in [0.05, 0.1) is 11.8 Å². The van der Waals surface area contributed by atoms with E-state index in [1.54, 1.807) is 30.3 Å². The summed E-state index contributed by atoms with van der Waals surface area (Å²) >= 11 is 6.11. The third-order valence-corrected chi connectivity index (χ3v) is 5.04. The molecule has 0 unspecified atom stereocenters. The van der Waals surface area contributed by atoms with E-state index in [1.165, 1.54) is 0 Å². The van der Waals surface area contributed by atoms with Gasteiger partial charge in [0.1, 0.15) is 11.2 Å². The molecular formula is C21H23ClN2O3. The maximum Gasteiger partial charge on any atom is 0.240 e. The number of anilines is 2.